The first-order valence-corrected chi connectivity index (χ1v) is 5.98. The summed E-state index contributed by atoms with van der Waals surface area (Å²) >= 11 is 1.66. The molecule has 80 valence electrons. The van der Waals surface area contributed by atoms with Gasteiger partial charge in [0, 0.05) is 4.75 Å². The summed E-state index contributed by atoms with van der Waals surface area (Å²) in [6.07, 6.45) is 3.92. The highest BCUT2D eigenvalue weighted by molar-refractivity contribution is 8.01. The van der Waals surface area contributed by atoms with Crippen LogP contribution in [-0.2, 0) is 9.53 Å². The molecule has 0 saturated carbocycles. The van der Waals surface area contributed by atoms with E-state index in [9.17, 15) is 4.79 Å². The van der Waals surface area contributed by atoms with E-state index in [0.717, 1.165) is 12.8 Å². The van der Waals surface area contributed by atoms with E-state index in [1.807, 2.05) is 6.08 Å². The highest BCUT2D eigenvalue weighted by Crippen LogP contribution is 2.24. The molecule has 0 amide bonds. The molecule has 14 heavy (non-hydrogen) atoms. The molecule has 0 fully saturated rings. The molecule has 3 heteroatoms. The van der Waals surface area contributed by atoms with Crippen LogP contribution in [0.4, 0.5) is 0 Å². The van der Waals surface area contributed by atoms with Crippen molar-refractivity contribution in [1.82, 2.24) is 0 Å². The van der Waals surface area contributed by atoms with Crippen LogP contribution in [0.15, 0.2) is 11.8 Å². The largest absolute Gasteiger partial charge is 0.490 e. The van der Waals surface area contributed by atoms with Gasteiger partial charge >= 0.3 is 0 Å². The zero-order valence-corrected chi connectivity index (χ0v) is 9.95. The van der Waals surface area contributed by atoms with Crippen molar-refractivity contribution in [3.63, 3.8) is 0 Å². The molecule has 0 radical (unpaired) electrons. The number of carbonyl (C=O) groups excluding carboxylic acids is 1. The van der Waals surface area contributed by atoms with E-state index < -0.39 is 0 Å². The van der Waals surface area contributed by atoms with Gasteiger partial charge in [-0.2, -0.15) is 0 Å². The Labute approximate surface area is 90.1 Å². The van der Waals surface area contributed by atoms with Crippen LogP contribution >= 0.6 is 11.8 Å². The van der Waals surface area contributed by atoms with E-state index in [4.69, 9.17) is 4.74 Å². The van der Waals surface area contributed by atoms with E-state index in [1.54, 1.807) is 11.8 Å². The number of carbonyl (C=O) groups is 1. The van der Waals surface area contributed by atoms with E-state index in [2.05, 4.69) is 20.8 Å². The quantitative estimate of drug-likeness (QED) is 0.722. The van der Waals surface area contributed by atoms with Gasteiger partial charge in [0.2, 0.25) is 5.78 Å². The Morgan fingerprint density at radius 1 is 1.57 bits per heavy atom. The van der Waals surface area contributed by atoms with Crippen LogP contribution in [0, 0.1) is 0 Å². The molecule has 0 aliphatic carbocycles. The van der Waals surface area contributed by atoms with Gasteiger partial charge in [-0.1, -0.05) is 20.8 Å². The zero-order valence-electron chi connectivity index (χ0n) is 9.13. The van der Waals surface area contributed by atoms with Crippen LogP contribution in [0.3, 0.4) is 0 Å². The molecule has 0 N–H and O–H groups in total. The summed E-state index contributed by atoms with van der Waals surface area (Å²) in [6.45, 7) is 7.03. The highest BCUT2D eigenvalue weighted by Gasteiger charge is 2.18. The topological polar surface area (TPSA) is 26.3 Å². The van der Waals surface area contributed by atoms with Crippen molar-refractivity contribution in [2.75, 3.05) is 12.4 Å². The van der Waals surface area contributed by atoms with Crippen LogP contribution in [0.2, 0.25) is 0 Å². The standard InChI is InChI=1S/C11H18O2S/c1-11(2,3)14-8-9(12)10-6-4-5-7-13-10/h6H,4-5,7-8H2,1-3H3. The van der Waals surface area contributed by atoms with Gasteiger partial charge in [-0.25, -0.2) is 0 Å². The van der Waals surface area contributed by atoms with Crippen LogP contribution in [0.5, 0.6) is 0 Å². The summed E-state index contributed by atoms with van der Waals surface area (Å²) in [7, 11) is 0. The zero-order chi connectivity index (χ0) is 10.6. The highest BCUT2D eigenvalue weighted by atomic mass is 32.2. The summed E-state index contributed by atoms with van der Waals surface area (Å²) in [5.41, 5.74) is 0. The third-order valence-electron chi connectivity index (χ3n) is 1.85. The Hall–Kier alpha value is -0.440. The minimum atomic E-state index is 0.129. The van der Waals surface area contributed by atoms with Gasteiger partial charge in [-0.3, -0.25) is 4.79 Å². The molecule has 2 nitrogen and oxygen atoms in total. The molecule has 0 unspecified atom stereocenters. The van der Waals surface area contributed by atoms with Crippen LogP contribution in [-0.4, -0.2) is 22.9 Å². The number of rotatable bonds is 3. The molecular weight excluding hydrogens is 196 g/mol. The van der Waals surface area contributed by atoms with Crippen LogP contribution in [0.1, 0.15) is 33.6 Å². The van der Waals surface area contributed by atoms with Crippen LogP contribution in [0.25, 0.3) is 0 Å². The number of ether oxygens (including phenoxy) is 1. The molecule has 0 aromatic carbocycles. The molecular formula is C11H18O2S. The summed E-state index contributed by atoms with van der Waals surface area (Å²) < 4.78 is 5.45. The fourth-order valence-electron chi connectivity index (χ4n) is 1.11. The molecule has 0 bridgehead atoms. The lowest BCUT2D eigenvalue weighted by Gasteiger charge is -2.18. The van der Waals surface area contributed by atoms with Crippen LogP contribution < -0.4 is 0 Å². The van der Waals surface area contributed by atoms with Gasteiger partial charge < -0.3 is 4.74 Å². The number of thioether (sulfide) groups is 1. The Morgan fingerprint density at radius 3 is 2.79 bits per heavy atom. The second-order valence-electron chi connectivity index (χ2n) is 4.38. The number of ketones is 1. The third kappa shape index (κ3) is 4.18. The Morgan fingerprint density at radius 2 is 2.29 bits per heavy atom. The van der Waals surface area contributed by atoms with Gasteiger partial charge in [0.25, 0.3) is 0 Å². The van der Waals surface area contributed by atoms with Crippen molar-refractivity contribution < 1.29 is 9.53 Å². The van der Waals surface area contributed by atoms with E-state index in [1.165, 1.54) is 0 Å². The fraction of sp³-hybridized carbons (Fsp3) is 0.727. The maximum atomic E-state index is 11.6. The minimum absolute atomic E-state index is 0.129. The average Bonchev–Trinajstić information content (AvgIpc) is 2.14. The van der Waals surface area contributed by atoms with Gasteiger partial charge in [-0.05, 0) is 18.9 Å². The SMILES string of the molecule is CC(C)(C)SCC(=O)C1=CCCCO1. The lowest BCUT2D eigenvalue weighted by Crippen LogP contribution is -2.17. The Kier molecular flexibility index (Phi) is 4.05. The summed E-state index contributed by atoms with van der Waals surface area (Å²) in [6, 6.07) is 0. The molecule has 0 saturated heterocycles. The number of hydrogen-bond acceptors (Lipinski definition) is 3. The normalized spacial score (nSPS) is 17.2. The Balaban J connectivity index is 2.38. The van der Waals surface area contributed by atoms with E-state index in [-0.39, 0.29) is 10.5 Å². The maximum Gasteiger partial charge on any atom is 0.206 e. The molecule has 1 aliphatic heterocycles. The van der Waals surface area contributed by atoms with Crippen molar-refractivity contribution in [3.05, 3.63) is 11.8 Å². The third-order valence-corrected chi connectivity index (χ3v) is 3.12. The molecule has 0 spiro atoms. The van der Waals surface area contributed by atoms with Crippen molar-refractivity contribution in [1.29, 1.82) is 0 Å². The summed E-state index contributed by atoms with van der Waals surface area (Å²) in [5.74, 6) is 1.23. The first-order valence-electron chi connectivity index (χ1n) is 4.99. The minimum Gasteiger partial charge on any atom is -0.490 e. The second-order valence-corrected chi connectivity index (χ2v) is 6.19. The lowest BCUT2D eigenvalue weighted by molar-refractivity contribution is -0.116. The first-order chi connectivity index (χ1) is 6.49. The fourth-order valence-corrected chi connectivity index (χ4v) is 1.81. The van der Waals surface area contributed by atoms with Gasteiger partial charge in [0.15, 0.2) is 5.76 Å². The average molecular weight is 214 g/mol. The number of allylic oxidation sites excluding steroid dienone is 2. The maximum absolute atomic E-state index is 11.6. The van der Waals surface area contributed by atoms with Crippen molar-refractivity contribution in [3.8, 4) is 0 Å². The van der Waals surface area contributed by atoms with Gasteiger partial charge in [-0.15, -0.1) is 11.8 Å². The Bertz CT molecular complexity index is 238. The van der Waals surface area contributed by atoms with E-state index >= 15 is 0 Å². The number of Topliss-reactive ketones (excluding diaryl/α,β-unsaturated/α-hetero) is 1. The van der Waals surface area contributed by atoms with Crippen molar-refractivity contribution in [2.24, 2.45) is 0 Å². The summed E-state index contributed by atoms with van der Waals surface area (Å²) in [4.78, 5) is 11.6. The molecule has 0 atom stereocenters. The molecule has 1 heterocycles. The monoisotopic (exact) mass is 214 g/mol. The summed E-state index contributed by atoms with van der Waals surface area (Å²) in [5, 5.41) is 0. The van der Waals surface area contributed by atoms with Crippen molar-refractivity contribution in [2.45, 2.75) is 38.4 Å². The second kappa shape index (κ2) is 4.87. The predicted octanol–water partition coefficient (Wildman–Crippen LogP) is 2.78. The van der Waals surface area contributed by atoms with Crippen molar-refractivity contribution >= 4 is 17.5 Å². The van der Waals surface area contributed by atoms with Gasteiger partial charge in [0.05, 0.1) is 12.4 Å². The van der Waals surface area contributed by atoms with E-state index in [0.29, 0.717) is 18.1 Å². The lowest BCUT2D eigenvalue weighted by atomic mass is 10.2. The predicted molar refractivity (Wildman–Crippen MR) is 60.5 cm³/mol. The van der Waals surface area contributed by atoms with Gasteiger partial charge in [0.1, 0.15) is 0 Å². The molecule has 1 aliphatic rings. The molecule has 0 aromatic heterocycles. The molecule has 0 aromatic rings. The molecule has 1 rings (SSSR count). The first kappa shape index (κ1) is 11.6. The smallest absolute Gasteiger partial charge is 0.206 e. The number of hydrogen-bond donors (Lipinski definition) is 0.